The minimum atomic E-state index is 0.0649. The van der Waals surface area contributed by atoms with Crippen molar-refractivity contribution in [1.82, 2.24) is 0 Å². The lowest BCUT2D eigenvalue weighted by molar-refractivity contribution is 0.229. The summed E-state index contributed by atoms with van der Waals surface area (Å²) in [6, 6.07) is 3.56. The van der Waals surface area contributed by atoms with Gasteiger partial charge in [-0.15, -0.1) is 0 Å². The fraction of sp³-hybridized carbons (Fsp3) is 0.385. The molecule has 0 bridgehead atoms. The van der Waals surface area contributed by atoms with Gasteiger partial charge in [0.05, 0.1) is 13.2 Å². The first-order chi connectivity index (χ1) is 8.08. The Morgan fingerprint density at radius 1 is 1.41 bits per heavy atom. The van der Waals surface area contributed by atoms with Gasteiger partial charge in [0.2, 0.25) is 0 Å². The summed E-state index contributed by atoms with van der Waals surface area (Å²) >= 11 is 6.02. The van der Waals surface area contributed by atoms with Crippen molar-refractivity contribution >= 4 is 17.7 Å². The first kappa shape index (κ1) is 13.9. The van der Waals surface area contributed by atoms with Crippen LogP contribution in [0.15, 0.2) is 18.2 Å². The zero-order chi connectivity index (χ0) is 12.8. The van der Waals surface area contributed by atoms with E-state index in [4.69, 9.17) is 26.8 Å². The molecule has 0 spiro atoms. The summed E-state index contributed by atoms with van der Waals surface area (Å²) in [5.41, 5.74) is 6.31. The van der Waals surface area contributed by atoms with Crippen molar-refractivity contribution in [3.8, 4) is 11.5 Å². The van der Waals surface area contributed by atoms with Crippen LogP contribution in [0.3, 0.4) is 0 Å². The normalized spacial score (nSPS) is 11.2. The number of methoxy groups -OCH3 is 1. The zero-order valence-corrected chi connectivity index (χ0v) is 11.1. The number of ether oxygens (including phenoxy) is 2. The van der Waals surface area contributed by atoms with Crippen LogP contribution in [0.25, 0.3) is 6.08 Å². The van der Waals surface area contributed by atoms with Gasteiger partial charge in [-0.05, 0) is 19.9 Å². The summed E-state index contributed by atoms with van der Waals surface area (Å²) < 4.78 is 11.0. The molecule has 0 unspecified atom stereocenters. The molecule has 0 amide bonds. The summed E-state index contributed by atoms with van der Waals surface area (Å²) in [4.78, 5) is 0. The molecule has 94 valence electrons. The number of hydrogen-bond acceptors (Lipinski definition) is 3. The van der Waals surface area contributed by atoms with Crippen molar-refractivity contribution in [3.05, 3.63) is 28.8 Å². The molecule has 1 rings (SSSR count). The van der Waals surface area contributed by atoms with Crippen molar-refractivity contribution in [1.29, 1.82) is 0 Å². The number of benzene rings is 1. The maximum atomic E-state index is 6.02. The Kier molecular flexibility index (Phi) is 5.32. The van der Waals surface area contributed by atoms with Crippen molar-refractivity contribution in [3.63, 3.8) is 0 Å². The molecular weight excluding hydrogens is 238 g/mol. The van der Waals surface area contributed by atoms with Crippen LogP contribution in [0, 0.1) is 0 Å². The van der Waals surface area contributed by atoms with Crippen LogP contribution < -0.4 is 15.2 Å². The predicted octanol–water partition coefficient (Wildman–Crippen LogP) is 3.11. The van der Waals surface area contributed by atoms with E-state index >= 15 is 0 Å². The number of nitrogens with two attached hydrogens (primary N) is 1. The summed E-state index contributed by atoms with van der Waals surface area (Å²) in [5, 5.41) is 0.606. The molecule has 17 heavy (non-hydrogen) atoms. The molecule has 1 aromatic rings. The molecule has 0 saturated heterocycles. The van der Waals surface area contributed by atoms with Gasteiger partial charge in [-0.25, -0.2) is 0 Å². The second-order valence-corrected chi connectivity index (χ2v) is 4.27. The van der Waals surface area contributed by atoms with Crippen molar-refractivity contribution in [2.45, 2.75) is 20.0 Å². The first-order valence-electron chi connectivity index (χ1n) is 5.49. The molecular formula is C13H18ClNO2. The van der Waals surface area contributed by atoms with Crippen LogP contribution in [0.1, 0.15) is 19.4 Å². The fourth-order valence-electron chi connectivity index (χ4n) is 1.42. The molecule has 2 N–H and O–H groups in total. The number of hydrogen-bond donors (Lipinski definition) is 1. The van der Waals surface area contributed by atoms with Gasteiger partial charge in [0.25, 0.3) is 0 Å². The molecule has 0 atom stereocenters. The van der Waals surface area contributed by atoms with E-state index < -0.39 is 0 Å². The lowest BCUT2D eigenvalue weighted by Crippen LogP contribution is -2.08. The van der Waals surface area contributed by atoms with Gasteiger partial charge in [-0.2, -0.15) is 0 Å². The molecule has 0 fully saturated rings. The van der Waals surface area contributed by atoms with Crippen LogP contribution in [-0.2, 0) is 0 Å². The highest BCUT2D eigenvalue weighted by atomic mass is 35.5. The Labute approximate surface area is 107 Å². The average Bonchev–Trinajstić information content (AvgIpc) is 2.28. The van der Waals surface area contributed by atoms with Gasteiger partial charge in [0, 0.05) is 23.2 Å². The van der Waals surface area contributed by atoms with Gasteiger partial charge < -0.3 is 15.2 Å². The van der Waals surface area contributed by atoms with Gasteiger partial charge in [-0.3, -0.25) is 0 Å². The third-order valence-corrected chi connectivity index (χ3v) is 2.27. The SMILES string of the molecule is COc1cc(Cl)cc(/C=C/CN)c1OC(C)C. The predicted molar refractivity (Wildman–Crippen MR) is 71.9 cm³/mol. The van der Waals surface area contributed by atoms with E-state index in [-0.39, 0.29) is 6.10 Å². The molecule has 0 heterocycles. The first-order valence-corrected chi connectivity index (χ1v) is 5.87. The van der Waals surface area contributed by atoms with Crippen LogP contribution >= 0.6 is 11.6 Å². The summed E-state index contributed by atoms with van der Waals surface area (Å²) in [5.74, 6) is 1.32. The molecule has 0 aliphatic carbocycles. The van der Waals surface area contributed by atoms with Crippen molar-refractivity contribution < 1.29 is 9.47 Å². The van der Waals surface area contributed by atoms with Gasteiger partial charge >= 0.3 is 0 Å². The largest absolute Gasteiger partial charge is 0.493 e. The minimum Gasteiger partial charge on any atom is -0.493 e. The van der Waals surface area contributed by atoms with Gasteiger partial charge in [-0.1, -0.05) is 23.8 Å². The Morgan fingerprint density at radius 3 is 2.65 bits per heavy atom. The van der Waals surface area contributed by atoms with Crippen LogP contribution in [0.4, 0.5) is 0 Å². The molecule has 4 heteroatoms. The lowest BCUT2D eigenvalue weighted by atomic mass is 10.1. The molecule has 0 aliphatic heterocycles. The van der Waals surface area contributed by atoms with Crippen molar-refractivity contribution in [2.75, 3.05) is 13.7 Å². The Hall–Kier alpha value is -1.19. The second kappa shape index (κ2) is 6.52. The highest BCUT2D eigenvalue weighted by molar-refractivity contribution is 6.31. The summed E-state index contributed by atoms with van der Waals surface area (Å²) in [6.07, 6.45) is 3.79. The quantitative estimate of drug-likeness (QED) is 0.879. The summed E-state index contributed by atoms with van der Waals surface area (Å²) in [7, 11) is 1.59. The van der Waals surface area contributed by atoms with E-state index in [9.17, 15) is 0 Å². The third kappa shape index (κ3) is 3.95. The Balaban J connectivity index is 3.22. The monoisotopic (exact) mass is 255 g/mol. The lowest BCUT2D eigenvalue weighted by Gasteiger charge is -2.16. The minimum absolute atomic E-state index is 0.0649. The van der Waals surface area contributed by atoms with E-state index in [0.717, 1.165) is 5.56 Å². The maximum absolute atomic E-state index is 6.02. The molecule has 0 aliphatic rings. The van der Waals surface area contributed by atoms with E-state index in [1.807, 2.05) is 32.1 Å². The van der Waals surface area contributed by atoms with Gasteiger partial charge in [0.1, 0.15) is 0 Å². The van der Waals surface area contributed by atoms with E-state index in [2.05, 4.69) is 0 Å². The second-order valence-electron chi connectivity index (χ2n) is 3.83. The van der Waals surface area contributed by atoms with Crippen LogP contribution in [0.2, 0.25) is 5.02 Å². The van der Waals surface area contributed by atoms with Crippen LogP contribution in [-0.4, -0.2) is 19.8 Å². The standard InChI is InChI=1S/C13H18ClNO2/c1-9(2)17-13-10(5-4-6-15)7-11(14)8-12(13)16-3/h4-5,7-9H,6,15H2,1-3H3/b5-4+. The van der Waals surface area contributed by atoms with Crippen molar-refractivity contribution in [2.24, 2.45) is 5.73 Å². The Bertz CT molecular complexity index is 403. The fourth-order valence-corrected chi connectivity index (χ4v) is 1.64. The smallest absolute Gasteiger partial charge is 0.168 e. The van der Waals surface area contributed by atoms with E-state index in [0.29, 0.717) is 23.1 Å². The topological polar surface area (TPSA) is 44.5 Å². The third-order valence-electron chi connectivity index (χ3n) is 2.06. The molecule has 3 nitrogen and oxygen atoms in total. The van der Waals surface area contributed by atoms with E-state index in [1.54, 1.807) is 13.2 Å². The average molecular weight is 256 g/mol. The molecule has 1 aromatic carbocycles. The Morgan fingerprint density at radius 2 is 2.12 bits per heavy atom. The highest BCUT2D eigenvalue weighted by Crippen LogP contribution is 2.36. The number of halogens is 1. The maximum Gasteiger partial charge on any atom is 0.168 e. The van der Waals surface area contributed by atoms with Crippen LogP contribution in [0.5, 0.6) is 11.5 Å². The molecule has 0 saturated carbocycles. The number of rotatable bonds is 5. The molecule has 0 radical (unpaired) electrons. The highest BCUT2D eigenvalue weighted by Gasteiger charge is 2.12. The van der Waals surface area contributed by atoms with E-state index in [1.165, 1.54) is 0 Å². The zero-order valence-electron chi connectivity index (χ0n) is 10.4. The van der Waals surface area contributed by atoms with Gasteiger partial charge in [0.15, 0.2) is 11.5 Å². The summed E-state index contributed by atoms with van der Waals surface area (Å²) in [6.45, 7) is 4.39. The molecule has 0 aromatic heterocycles.